The number of thiophene rings is 1. The van der Waals surface area contributed by atoms with Crippen LogP contribution in [0.5, 0.6) is 5.75 Å². The minimum absolute atomic E-state index is 0.144. The number of ether oxygens (including phenoxy) is 1. The first-order valence-electron chi connectivity index (χ1n) is 7.68. The molecule has 1 aromatic carbocycles. The second-order valence-electron chi connectivity index (χ2n) is 5.78. The van der Waals surface area contributed by atoms with Gasteiger partial charge in [0.2, 0.25) is 0 Å². The van der Waals surface area contributed by atoms with E-state index in [9.17, 15) is 14.3 Å². The van der Waals surface area contributed by atoms with Crippen LogP contribution in [-0.2, 0) is 4.79 Å². The number of halogens is 1. The molecule has 2 N–H and O–H groups in total. The van der Waals surface area contributed by atoms with Gasteiger partial charge in [-0.05, 0) is 49.1 Å². The van der Waals surface area contributed by atoms with Crippen molar-refractivity contribution in [3.8, 4) is 5.75 Å². The Labute approximate surface area is 143 Å². The quantitative estimate of drug-likeness (QED) is 0.873. The van der Waals surface area contributed by atoms with E-state index in [1.807, 2.05) is 24.4 Å². The topological polar surface area (TPSA) is 58.6 Å². The first kappa shape index (κ1) is 16.7. The van der Waals surface area contributed by atoms with Gasteiger partial charge in [0.25, 0.3) is 5.91 Å². The SMILES string of the molecule is CC(CC(O)c1cccs1)NC(=O)C1=Cc2cc(F)ccc2OC1. The molecule has 2 unspecified atom stereocenters. The van der Waals surface area contributed by atoms with Crippen molar-refractivity contribution in [1.29, 1.82) is 0 Å². The lowest BCUT2D eigenvalue weighted by Gasteiger charge is -2.21. The van der Waals surface area contributed by atoms with Crippen molar-refractivity contribution < 1.29 is 19.0 Å². The Kier molecular flexibility index (Phi) is 4.97. The smallest absolute Gasteiger partial charge is 0.250 e. The van der Waals surface area contributed by atoms with Gasteiger partial charge < -0.3 is 15.2 Å². The number of carbonyl (C=O) groups excluding carboxylic acids is 1. The number of nitrogens with one attached hydrogen (secondary N) is 1. The van der Waals surface area contributed by atoms with Crippen LogP contribution in [0.25, 0.3) is 6.08 Å². The van der Waals surface area contributed by atoms with Gasteiger partial charge >= 0.3 is 0 Å². The number of aliphatic hydroxyl groups excluding tert-OH is 1. The van der Waals surface area contributed by atoms with Crippen LogP contribution in [0, 0.1) is 5.82 Å². The van der Waals surface area contributed by atoms with Gasteiger partial charge in [0.15, 0.2) is 0 Å². The molecule has 3 rings (SSSR count). The Morgan fingerprint density at radius 2 is 2.29 bits per heavy atom. The molecule has 6 heteroatoms. The van der Waals surface area contributed by atoms with Gasteiger partial charge in [-0.3, -0.25) is 4.79 Å². The number of rotatable bonds is 5. The molecule has 1 aliphatic rings. The van der Waals surface area contributed by atoms with Gasteiger partial charge in [-0.2, -0.15) is 0 Å². The molecule has 1 aromatic heterocycles. The maximum absolute atomic E-state index is 13.3. The molecule has 24 heavy (non-hydrogen) atoms. The molecule has 0 radical (unpaired) electrons. The highest BCUT2D eigenvalue weighted by Gasteiger charge is 2.20. The maximum atomic E-state index is 13.3. The molecule has 1 aliphatic heterocycles. The summed E-state index contributed by atoms with van der Waals surface area (Å²) in [5, 5.41) is 14.9. The average Bonchev–Trinajstić information content (AvgIpc) is 3.08. The van der Waals surface area contributed by atoms with Crippen molar-refractivity contribution in [2.24, 2.45) is 0 Å². The summed E-state index contributed by atoms with van der Waals surface area (Å²) in [7, 11) is 0. The second kappa shape index (κ2) is 7.15. The fourth-order valence-electron chi connectivity index (χ4n) is 2.59. The molecule has 0 saturated heterocycles. The highest BCUT2D eigenvalue weighted by Crippen LogP contribution is 2.27. The highest BCUT2D eigenvalue weighted by molar-refractivity contribution is 7.10. The summed E-state index contributed by atoms with van der Waals surface area (Å²) in [6, 6.07) is 7.76. The van der Waals surface area contributed by atoms with E-state index in [4.69, 9.17) is 4.74 Å². The molecule has 0 bridgehead atoms. The highest BCUT2D eigenvalue weighted by atomic mass is 32.1. The molecule has 126 valence electrons. The monoisotopic (exact) mass is 347 g/mol. The molecular formula is C18H18FNO3S. The summed E-state index contributed by atoms with van der Waals surface area (Å²) in [5.41, 5.74) is 0.989. The van der Waals surface area contributed by atoms with E-state index in [0.29, 0.717) is 23.3 Å². The minimum Gasteiger partial charge on any atom is -0.488 e. The fraction of sp³-hybridized carbons (Fsp3) is 0.278. The Morgan fingerprint density at radius 3 is 3.04 bits per heavy atom. The second-order valence-corrected chi connectivity index (χ2v) is 6.76. The van der Waals surface area contributed by atoms with Crippen LogP contribution in [0.4, 0.5) is 4.39 Å². The number of fused-ring (bicyclic) bond motifs is 1. The normalized spacial score (nSPS) is 15.7. The van der Waals surface area contributed by atoms with Crippen molar-refractivity contribution in [2.45, 2.75) is 25.5 Å². The minimum atomic E-state index is -0.605. The third-order valence-electron chi connectivity index (χ3n) is 3.80. The molecule has 2 atom stereocenters. The van der Waals surface area contributed by atoms with E-state index in [0.717, 1.165) is 4.88 Å². The number of hydrogen-bond donors (Lipinski definition) is 2. The average molecular weight is 347 g/mol. The van der Waals surface area contributed by atoms with Gasteiger partial charge in [0, 0.05) is 16.5 Å². The van der Waals surface area contributed by atoms with Crippen LogP contribution >= 0.6 is 11.3 Å². The molecule has 0 fully saturated rings. The van der Waals surface area contributed by atoms with Crippen LogP contribution < -0.4 is 10.1 Å². The molecule has 0 aliphatic carbocycles. The Bertz CT molecular complexity index is 758. The van der Waals surface area contributed by atoms with Crippen molar-refractivity contribution in [2.75, 3.05) is 6.61 Å². The predicted molar refractivity (Wildman–Crippen MR) is 91.4 cm³/mol. The zero-order valence-electron chi connectivity index (χ0n) is 13.2. The van der Waals surface area contributed by atoms with Crippen molar-refractivity contribution in [3.63, 3.8) is 0 Å². The van der Waals surface area contributed by atoms with Crippen molar-refractivity contribution >= 4 is 23.3 Å². The first-order valence-corrected chi connectivity index (χ1v) is 8.56. The third-order valence-corrected chi connectivity index (χ3v) is 4.78. The van der Waals surface area contributed by atoms with Gasteiger partial charge in [0.1, 0.15) is 18.2 Å². The van der Waals surface area contributed by atoms with Gasteiger partial charge in [0.05, 0.1) is 11.7 Å². The number of benzene rings is 1. The van der Waals surface area contributed by atoms with Gasteiger partial charge in [-0.25, -0.2) is 4.39 Å². The Morgan fingerprint density at radius 1 is 1.46 bits per heavy atom. The van der Waals surface area contributed by atoms with Crippen LogP contribution in [0.1, 0.15) is 29.9 Å². The Balaban J connectivity index is 1.62. The third kappa shape index (κ3) is 3.83. The van der Waals surface area contributed by atoms with E-state index in [1.165, 1.54) is 23.5 Å². The number of hydrogen-bond acceptors (Lipinski definition) is 4. The lowest BCUT2D eigenvalue weighted by atomic mass is 10.1. The van der Waals surface area contributed by atoms with Crippen LogP contribution in [-0.4, -0.2) is 23.7 Å². The van der Waals surface area contributed by atoms with E-state index in [2.05, 4.69) is 5.32 Å². The zero-order valence-corrected chi connectivity index (χ0v) is 14.0. The van der Waals surface area contributed by atoms with Crippen molar-refractivity contribution in [1.82, 2.24) is 5.32 Å². The zero-order chi connectivity index (χ0) is 17.1. The lowest BCUT2D eigenvalue weighted by Crippen LogP contribution is -2.36. The first-order chi connectivity index (χ1) is 11.5. The predicted octanol–water partition coefficient (Wildman–Crippen LogP) is 3.29. The molecule has 2 aromatic rings. The van der Waals surface area contributed by atoms with Crippen LogP contribution in [0.3, 0.4) is 0 Å². The molecular weight excluding hydrogens is 329 g/mol. The van der Waals surface area contributed by atoms with E-state index < -0.39 is 6.10 Å². The molecule has 1 amide bonds. The van der Waals surface area contributed by atoms with E-state index >= 15 is 0 Å². The number of amides is 1. The molecule has 2 heterocycles. The molecule has 0 spiro atoms. The summed E-state index contributed by atoms with van der Waals surface area (Å²) < 4.78 is 18.8. The van der Waals surface area contributed by atoms with E-state index in [1.54, 1.807) is 12.1 Å². The molecule has 0 saturated carbocycles. The van der Waals surface area contributed by atoms with Gasteiger partial charge in [-0.1, -0.05) is 6.07 Å². The Hall–Kier alpha value is -2.18. The van der Waals surface area contributed by atoms with Gasteiger partial charge in [-0.15, -0.1) is 11.3 Å². The largest absolute Gasteiger partial charge is 0.488 e. The summed E-state index contributed by atoms with van der Waals surface area (Å²) in [4.78, 5) is 13.2. The van der Waals surface area contributed by atoms with Crippen molar-refractivity contribution in [3.05, 3.63) is 57.5 Å². The summed E-state index contributed by atoms with van der Waals surface area (Å²) in [5.74, 6) is -0.0763. The van der Waals surface area contributed by atoms with E-state index in [-0.39, 0.29) is 24.4 Å². The summed E-state index contributed by atoms with van der Waals surface area (Å²) in [6.45, 7) is 1.98. The fourth-order valence-corrected chi connectivity index (χ4v) is 3.31. The maximum Gasteiger partial charge on any atom is 0.250 e. The summed E-state index contributed by atoms with van der Waals surface area (Å²) in [6.07, 6.45) is 1.46. The standard InChI is InChI=1S/C18H18FNO3S/c1-11(7-15(21)17-3-2-6-24-17)20-18(22)13-8-12-9-14(19)4-5-16(12)23-10-13/h2-6,8-9,11,15,21H,7,10H2,1H3,(H,20,22). The lowest BCUT2D eigenvalue weighted by molar-refractivity contribution is -0.118. The number of carbonyl (C=O) groups is 1. The number of aliphatic hydroxyl groups is 1. The summed E-state index contributed by atoms with van der Waals surface area (Å²) >= 11 is 1.48. The van der Waals surface area contributed by atoms with Crippen LogP contribution in [0.2, 0.25) is 0 Å². The molecule has 4 nitrogen and oxygen atoms in total. The van der Waals surface area contributed by atoms with Crippen LogP contribution in [0.15, 0.2) is 41.3 Å².